The van der Waals surface area contributed by atoms with Gasteiger partial charge in [-0.2, -0.15) is 5.10 Å². The highest BCUT2D eigenvalue weighted by molar-refractivity contribution is 6.12. The fourth-order valence-electron chi connectivity index (χ4n) is 5.49. The summed E-state index contributed by atoms with van der Waals surface area (Å²) in [6.07, 6.45) is 8.78. The Labute approximate surface area is 230 Å². The third-order valence-electron chi connectivity index (χ3n) is 7.81. The minimum absolute atomic E-state index is 0.0476. The Morgan fingerprint density at radius 3 is 2.70 bits per heavy atom. The van der Waals surface area contributed by atoms with E-state index in [9.17, 15) is 9.18 Å². The summed E-state index contributed by atoms with van der Waals surface area (Å²) in [6, 6.07) is 16.7. The van der Waals surface area contributed by atoms with Gasteiger partial charge >= 0.3 is 0 Å². The summed E-state index contributed by atoms with van der Waals surface area (Å²) in [7, 11) is 0. The van der Waals surface area contributed by atoms with Gasteiger partial charge < -0.3 is 5.32 Å². The van der Waals surface area contributed by atoms with E-state index in [4.69, 9.17) is 4.99 Å². The smallest absolute Gasteiger partial charge is 0.227 e. The third kappa shape index (κ3) is 4.45. The number of nitrogens with one attached hydrogen (secondary N) is 2. The highest BCUT2D eigenvalue weighted by atomic mass is 19.1. The van der Waals surface area contributed by atoms with Gasteiger partial charge in [0.1, 0.15) is 5.82 Å². The average Bonchev–Trinajstić information content (AvgIpc) is 3.75. The number of halogens is 1. The topological polar surface area (TPSA) is 95.9 Å². The maximum atomic E-state index is 14.0. The summed E-state index contributed by atoms with van der Waals surface area (Å²) in [5, 5.41) is 11.5. The van der Waals surface area contributed by atoms with Crippen molar-refractivity contribution in [1.82, 2.24) is 20.2 Å². The van der Waals surface area contributed by atoms with Crippen molar-refractivity contribution in [1.29, 1.82) is 0 Å². The number of hydrogen-bond acceptors (Lipinski definition) is 5. The number of aromatic nitrogens is 4. The van der Waals surface area contributed by atoms with Crippen LogP contribution in [-0.4, -0.2) is 31.8 Å². The Morgan fingerprint density at radius 1 is 1.02 bits per heavy atom. The van der Waals surface area contributed by atoms with E-state index in [1.807, 2.05) is 30.3 Å². The molecule has 7 rings (SSSR count). The number of pyridine rings is 2. The van der Waals surface area contributed by atoms with Crippen LogP contribution in [0.4, 0.5) is 15.8 Å². The van der Waals surface area contributed by atoms with Crippen molar-refractivity contribution in [3.8, 4) is 22.3 Å². The van der Waals surface area contributed by atoms with Gasteiger partial charge in [0.25, 0.3) is 0 Å². The van der Waals surface area contributed by atoms with E-state index in [1.54, 1.807) is 30.7 Å². The Balaban J connectivity index is 1.28. The van der Waals surface area contributed by atoms with Crippen molar-refractivity contribution < 1.29 is 9.18 Å². The van der Waals surface area contributed by atoms with Gasteiger partial charge in [-0.15, -0.1) is 0 Å². The molecule has 1 aliphatic heterocycles. The van der Waals surface area contributed by atoms with Gasteiger partial charge in [-0.05, 0) is 72.7 Å². The molecule has 4 heterocycles. The Hall–Kier alpha value is -4.72. The lowest BCUT2D eigenvalue weighted by Gasteiger charge is -2.25. The van der Waals surface area contributed by atoms with Gasteiger partial charge in [0.2, 0.25) is 5.91 Å². The van der Waals surface area contributed by atoms with Crippen LogP contribution in [-0.2, 0) is 11.2 Å². The summed E-state index contributed by atoms with van der Waals surface area (Å²) >= 11 is 0. The molecule has 2 aromatic carbocycles. The van der Waals surface area contributed by atoms with Crippen molar-refractivity contribution in [2.24, 2.45) is 16.8 Å². The van der Waals surface area contributed by atoms with E-state index in [-0.39, 0.29) is 23.6 Å². The van der Waals surface area contributed by atoms with Crippen LogP contribution in [0.3, 0.4) is 0 Å². The van der Waals surface area contributed by atoms with Crippen molar-refractivity contribution in [3.63, 3.8) is 0 Å². The number of aromatic amines is 1. The summed E-state index contributed by atoms with van der Waals surface area (Å²) in [5.74, 6) is 0.0666. The quantitative estimate of drug-likeness (QED) is 0.250. The molecule has 1 atom stereocenters. The van der Waals surface area contributed by atoms with E-state index in [2.05, 4.69) is 38.5 Å². The highest BCUT2D eigenvalue weighted by Gasteiger charge is 2.30. The molecule has 1 aliphatic carbocycles. The summed E-state index contributed by atoms with van der Waals surface area (Å²) in [5.41, 5.74) is 8.70. The van der Waals surface area contributed by atoms with Gasteiger partial charge in [-0.1, -0.05) is 31.2 Å². The van der Waals surface area contributed by atoms with E-state index in [1.165, 1.54) is 6.07 Å². The molecule has 7 nitrogen and oxygen atoms in total. The monoisotopic (exact) mass is 530 g/mol. The first-order valence-corrected chi connectivity index (χ1v) is 13.6. The molecular formula is C32H27FN6O. The zero-order chi connectivity index (χ0) is 27.2. The second kappa shape index (κ2) is 9.79. The van der Waals surface area contributed by atoms with Crippen LogP contribution in [0.2, 0.25) is 0 Å². The first kappa shape index (κ1) is 24.3. The van der Waals surface area contributed by atoms with Crippen LogP contribution in [0.25, 0.3) is 33.3 Å². The number of benzene rings is 2. The normalized spacial score (nSPS) is 16.4. The van der Waals surface area contributed by atoms with Crippen LogP contribution in [0.15, 0.2) is 78.2 Å². The van der Waals surface area contributed by atoms with Crippen LogP contribution < -0.4 is 5.32 Å². The molecule has 198 valence electrons. The maximum absolute atomic E-state index is 14.0. The van der Waals surface area contributed by atoms with Crippen LogP contribution in [0, 0.1) is 17.7 Å². The number of rotatable bonds is 6. The molecule has 2 aliphatic rings. The number of nitrogens with zero attached hydrogens (tertiary/aromatic N) is 4. The number of carbonyl (C=O) groups is 1. The molecule has 1 amide bonds. The van der Waals surface area contributed by atoms with Crippen molar-refractivity contribution >= 4 is 34.0 Å². The molecule has 0 bridgehead atoms. The number of amides is 1. The lowest BCUT2D eigenvalue weighted by Crippen LogP contribution is -2.22. The molecule has 1 unspecified atom stereocenters. The first-order chi connectivity index (χ1) is 19.6. The molecule has 0 saturated heterocycles. The molecule has 0 radical (unpaired) electrons. The minimum Gasteiger partial charge on any atom is -0.324 e. The number of aliphatic imine (C=N–C) groups is 1. The van der Waals surface area contributed by atoms with E-state index >= 15 is 0 Å². The first-order valence-electron chi connectivity index (χ1n) is 13.6. The molecule has 1 fully saturated rings. The lowest BCUT2D eigenvalue weighted by atomic mass is 9.83. The van der Waals surface area contributed by atoms with Crippen molar-refractivity contribution in [2.75, 3.05) is 5.32 Å². The SMILES string of the molecule is CCC1Cc2c(cccc2-c2cccc(F)c2)N=C1c1[nH]nc2ncc(-c3cncc(NC(=O)C4CC4)c3)cc12. The maximum Gasteiger partial charge on any atom is 0.227 e. The number of fused-ring (bicyclic) bond motifs is 2. The van der Waals surface area contributed by atoms with Gasteiger partial charge in [-0.25, -0.2) is 9.37 Å². The molecule has 5 aromatic rings. The predicted octanol–water partition coefficient (Wildman–Crippen LogP) is 6.88. The third-order valence-corrected chi connectivity index (χ3v) is 7.81. The van der Waals surface area contributed by atoms with Crippen molar-refractivity contribution in [2.45, 2.75) is 32.6 Å². The van der Waals surface area contributed by atoms with Crippen LogP contribution in [0.5, 0.6) is 0 Å². The molecule has 8 heteroatoms. The molecule has 3 aromatic heterocycles. The average molecular weight is 531 g/mol. The van der Waals surface area contributed by atoms with E-state index in [0.29, 0.717) is 11.3 Å². The number of anilines is 1. The zero-order valence-electron chi connectivity index (χ0n) is 22.0. The van der Waals surface area contributed by atoms with Crippen LogP contribution in [0.1, 0.15) is 37.4 Å². The molecule has 40 heavy (non-hydrogen) atoms. The Morgan fingerprint density at radius 2 is 1.88 bits per heavy atom. The fraction of sp³-hybridized carbons (Fsp3) is 0.219. The van der Waals surface area contributed by atoms with Crippen LogP contribution >= 0.6 is 0 Å². The van der Waals surface area contributed by atoms with Gasteiger partial charge in [0.05, 0.1) is 29.0 Å². The predicted molar refractivity (Wildman–Crippen MR) is 154 cm³/mol. The van der Waals surface area contributed by atoms with Gasteiger partial charge in [-0.3, -0.25) is 19.9 Å². The molecule has 2 N–H and O–H groups in total. The van der Waals surface area contributed by atoms with Gasteiger partial charge in [0.15, 0.2) is 5.65 Å². The largest absolute Gasteiger partial charge is 0.324 e. The second-order valence-electron chi connectivity index (χ2n) is 10.5. The van der Waals surface area contributed by atoms with Crippen molar-refractivity contribution in [3.05, 3.63) is 90.3 Å². The highest BCUT2D eigenvalue weighted by Crippen LogP contribution is 2.39. The number of H-pyrrole nitrogens is 1. The molecular weight excluding hydrogens is 503 g/mol. The summed E-state index contributed by atoms with van der Waals surface area (Å²) in [4.78, 5) is 26.3. The summed E-state index contributed by atoms with van der Waals surface area (Å²) < 4.78 is 14.0. The zero-order valence-corrected chi connectivity index (χ0v) is 22.0. The number of hydrogen-bond donors (Lipinski definition) is 2. The fourth-order valence-corrected chi connectivity index (χ4v) is 5.49. The number of carbonyl (C=O) groups excluding carboxylic acids is 1. The Bertz CT molecular complexity index is 1800. The molecule has 0 spiro atoms. The summed E-state index contributed by atoms with van der Waals surface area (Å²) in [6.45, 7) is 2.16. The Kier molecular flexibility index (Phi) is 5.95. The molecule has 1 saturated carbocycles. The standard InChI is InChI=1S/C32H27FN6O/c1-2-18-13-26-25(20-5-3-6-23(33)11-20)7-4-8-28(26)37-29(18)30-27-14-22(16-35-31(27)39-38-30)21-12-24(17-34-15-21)36-32(40)19-9-10-19/h3-8,11-12,14-19H,2,9-10,13H2,1H3,(H,36,40)(H,35,38,39). The minimum atomic E-state index is -0.250. The second-order valence-corrected chi connectivity index (χ2v) is 10.5. The lowest BCUT2D eigenvalue weighted by molar-refractivity contribution is -0.117. The van der Waals surface area contributed by atoms with E-state index < -0.39 is 0 Å². The van der Waals surface area contributed by atoms with E-state index in [0.717, 1.165) is 76.0 Å². The van der Waals surface area contributed by atoms with Gasteiger partial charge in [0, 0.05) is 40.7 Å².